The number of Topliss-reactive ketones (excluding diaryl/α,β-unsaturated/α-hetero) is 1. The topological polar surface area (TPSA) is 73.9 Å². The normalized spacial score (nSPS) is 14.6. The van der Waals surface area contributed by atoms with Crippen LogP contribution in [0, 0.1) is 6.92 Å². The summed E-state index contributed by atoms with van der Waals surface area (Å²) in [6.45, 7) is 9.45. The maximum atomic E-state index is 13.6. The molecule has 0 aliphatic rings. The number of carbonyl (C=O) groups is 1. The molecule has 0 amide bonds. The van der Waals surface area contributed by atoms with Crippen LogP contribution < -0.4 is 5.48 Å². The zero-order valence-electron chi connectivity index (χ0n) is 19.7. The Kier molecular flexibility index (Phi) is 10.6. The van der Waals surface area contributed by atoms with Crippen molar-refractivity contribution in [1.82, 2.24) is 5.48 Å². The lowest BCUT2D eigenvalue weighted by atomic mass is 9.91. The minimum absolute atomic E-state index is 0.144. The van der Waals surface area contributed by atoms with E-state index < -0.39 is 18.9 Å². The molecule has 2 unspecified atom stereocenters. The lowest BCUT2D eigenvalue weighted by Crippen LogP contribution is -2.39. The molecule has 33 heavy (non-hydrogen) atoms. The van der Waals surface area contributed by atoms with Gasteiger partial charge in [0, 0.05) is 6.54 Å². The van der Waals surface area contributed by atoms with Gasteiger partial charge in [0.2, 0.25) is 0 Å². The fraction of sp³-hybridized carbons (Fsp3) is 0.458. The number of hydroxylamine groups is 1. The average molecular weight is 516 g/mol. The van der Waals surface area contributed by atoms with Gasteiger partial charge in [0.05, 0.1) is 28.9 Å². The molecule has 0 aliphatic carbocycles. The Morgan fingerprint density at radius 2 is 1.67 bits per heavy atom. The fourth-order valence-corrected chi connectivity index (χ4v) is 5.83. The van der Waals surface area contributed by atoms with Gasteiger partial charge in [0.15, 0.2) is 11.4 Å². The number of benzene rings is 2. The quantitative estimate of drug-likeness (QED) is 0.175. The minimum Gasteiger partial charge on any atom is -0.308 e. The molecule has 2 atom stereocenters. The average Bonchev–Trinajstić information content (AvgIpc) is 2.76. The Morgan fingerprint density at radius 1 is 1.06 bits per heavy atom. The van der Waals surface area contributed by atoms with Crippen molar-refractivity contribution in [3.63, 3.8) is 0 Å². The summed E-state index contributed by atoms with van der Waals surface area (Å²) in [4.78, 5) is 18.3. The van der Waals surface area contributed by atoms with E-state index in [1.54, 1.807) is 39.0 Å². The number of carbonyl (C=O) groups excluding carboxylic acids is 1. The summed E-state index contributed by atoms with van der Waals surface area (Å²) in [7, 11) is -3.51. The molecule has 182 valence electrons. The van der Waals surface area contributed by atoms with E-state index >= 15 is 0 Å². The van der Waals surface area contributed by atoms with Crippen LogP contribution in [0.2, 0.25) is 10.0 Å². The van der Waals surface area contributed by atoms with Crippen LogP contribution in [0.15, 0.2) is 42.5 Å². The predicted octanol–water partition coefficient (Wildman–Crippen LogP) is 7.02. The van der Waals surface area contributed by atoms with Crippen LogP contribution in [-0.2, 0) is 28.8 Å². The second-order valence-electron chi connectivity index (χ2n) is 7.81. The Morgan fingerprint density at radius 3 is 2.18 bits per heavy atom. The smallest absolute Gasteiger partial charge is 0.308 e. The molecular weight excluding hydrogens is 484 g/mol. The Labute approximate surface area is 206 Å². The fourth-order valence-electron chi connectivity index (χ4n) is 3.40. The van der Waals surface area contributed by atoms with Gasteiger partial charge in [-0.1, -0.05) is 59.1 Å². The van der Waals surface area contributed by atoms with E-state index in [1.165, 1.54) is 6.92 Å². The molecule has 2 aromatic rings. The van der Waals surface area contributed by atoms with Gasteiger partial charge in [-0.25, -0.2) is 5.48 Å². The van der Waals surface area contributed by atoms with Crippen molar-refractivity contribution in [1.29, 1.82) is 0 Å². The maximum absolute atomic E-state index is 13.6. The molecule has 0 heterocycles. The van der Waals surface area contributed by atoms with E-state index in [0.717, 1.165) is 11.1 Å². The predicted molar refractivity (Wildman–Crippen MR) is 133 cm³/mol. The molecule has 0 spiro atoms. The number of hydrogen-bond acceptors (Lipinski definition) is 6. The van der Waals surface area contributed by atoms with Crippen molar-refractivity contribution < 1.29 is 23.2 Å². The zero-order valence-corrected chi connectivity index (χ0v) is 22.1. The summed E-state index contributed by atoms with van der Waals surface area (Å²) in [6.07, 6.45) is 0.344. The third-order valence-electron chi connectivity index (χ3n) is 5.40. The second kappa shape index (κ2) is 12.5. The SMILES string of the molecule is CCOP(=O)(OCC)C(CCNOC(C)(C(C)=O)c1ccc(C)cc1)c1ccc(Cl)c(Cl)c1. The van der Waals surface area contributed by atoms with Crippen molar-refractivity contribution in [2.24, 2.45) is 0 Å². The van der Waals surface area contributed by atoms with Gasteiger partial charge in [0.1, 0.15) is 0 Å². The molecule has 0 aliphatic heterocycles. The summed E-state index contributed by atoms with van der Waals surface area (Å²) >= 11 is 12.3. The number of hydrogen-bond donors (Lipinski definition) is 1. The molecule has 0 saturated carbocycles. The number of halogens is 2. The van der Waals surface area contributed by atoms with Gasteiger partial charge in [-0.2, -0.15) is 0 Å². The summed E-state index contributed by atoms with van der Waals surface area (Å²) in [5.41, 5.74) is 3.63. The maximum Gasteiger partial charge on any atom is 0.338 e. The summed E-state index contributed by atoms with van der Waals surface area (Å²) in [6, 6.07) is 12.7. The first-order valence-electron chi connectivity index (χ1n) is 10.9. The monoisotopic (exact) mass is 515 g/mol. The highest BCUT2D eigenvalue weighted by Crippen LogP contribution is 2.62. The van der Waals surface area contributed by atoms with E-state index in [2.05, 4.69) is 5.48 Å². The van der Waals surface area contributed by atoms with Crippen LogP contribution in [0.25, 0.3) is 0 Å². The second-order valence-corrected chi connectivity index (χ2v) is 10.8. The number of ketones is 1. The van der Waals surface area contributed by atoms with Crippen LogP contribution >= 0.6 is 30.8 Å². The van der Waals surface area contributed by atoms with Crippen molar-refractivity contribution >= 4 is 36.6 Å². The van der Waals surface area contributed by atoms with Crippen LogP contribution in [0.3, 0.4) is 0 Å². The standard InChI is InChI=1S/C24H32Cl2NO5P/c1-6-30-33(29,31-7-2)23(19-10-13-21(25)22(26)16-19)14-15-27-32-24(5,18(4)28)20-11-8-17(3)9-12-20/h8-13,16,23,27H,6-7,14-15H2,1-5H3. The molecule has 0 bridgehead atoms. The van der Waals surface area contributed by atoms with Crippen LogP contribution in [-0.4, -0.2) is 25.5 Å². The lowest BCUT2D eigenvalue weighted by molar-refractivity contribution is -0.153. The van der Waals surface area contributed by atoms with Gasteiger partial charge < -0.3 is 9.05 Å². The zero-order chi connectivity index (χ0) is 24.6. The van der Waals surface area contributed by atoms with E-state index in [0.29, 0.717) is 22.0 Å². The third kappa shape index (κ3) is 7.12. The molecule has 0 fully saturated rings. The van der Waals surface area contributed by atoms with Gasteiger partial charge in [-0.3, -0.25) is 14.2 Å². The number of nitrogens with one attached hydrogen (secondary N) is 1. The van der Waals surface area contributed by atoms with E-state index in [4.69, 9.17) is 37.1 Å². The largest absolute Gasteiger partial charge is 0.338 e. The molecule has 0 radical (unpaired) electrons. The van der Waals surface area contributed by atoms with Crippen LogP contribution in [0.4, 0.5) is 0 Å². The van der Waals surface area contributed by atoms with Crippen LogP contribution in [0.5, 0.6) is 0 Å². The number of aryl methyl sites for hydroxylation is 1. The third-order valence-corrected chi connectivity index (χ3v) is 8.69. The van der Waals surface area contributed by atoms with Crippen molar-refractivity contribution in [2.45, 2.75) is 52.3 Å². The molecule has 9 heteroatoms. The highest BCUT2D eigenvalue weighted by Gasteiger charge is 2.38. The van der Waals surface area contributed by atoms with E-state index in [-0.39, 0.29) is 25.5 Å². The molecule has 6 nitrogen and oxygen atoms in total. The van der Waals surface area contributed by atoms with Gasteiger partial charge in [0.25, 0.3) is 0 Å². The molecule has 2 aromatic carbocycles. The number of rotatable bonds is 13. The molecule has 1 N–H and O–H groups in total. The first-order chi connectivity index (χ1) is 15.6. The van der Waals surface area contributed by atoms with Crippen molar-refractivity contribution in [3.05, 3.63) is 69.2 Å². The van der Waals surface area contributed by atoms with E-state index in [1.807, 2.05) is 31.2 Å². The van der Waals surface area contributed by atoms with Gasteiger partial charge in [-0.05, 0) is 64.3 Å². The van der Waals surface area contributed by atoms with E-state index in [9.17, 15) is 9.36 Å². The molecular formula is C24H32Cl2NO5P. The van der Waals surface area contributed by atoms with Gasteiger partial charge in [-0.15, -0.1) is 0 Å². The first kappa shape index (κ1) is 28.0. The van der Waals surface area contributed by atoms with Crippen LogP contribution in [0.1, 0.15) is 56.5 Å². The molecule has 0 aromatic heterocycles. The molecule has 0 saturated heterocycles. The first-order valence-corrected chi connectivity index (χ1v) is 13.3. The Balaban J connectivity index is 2.22. The van der Waals surface area contributed by atoms with Gasteiger partial charge >= 0.3 is 7.60 Å². The highest BCUT2D eigenvalue weighted by molar-refractivity contribution is 7.54. The molecule has 2 rings (SSSR count). The highest BCUT2D eigenvalue weighted by atomic mass is 35.5. The van der Waals surface area contributed by atoms with Crippen molar-refractivity contribution in [2.75, 3.05) is 19.8 Å². The minimum atomic E-state index is -3.51. The Bertz CT molecular complexity index is 975. The summed E-state index contributed by atoms with van der Waals surface area (Å²) in [5, 5.41) is 0.755. The van der Waals surface area contributed by atoms with Crippen molar-refractivity contribution in [3.8, 4) is 0 Å². The summed E-state index contributed by atoms with van der Waals surface area (Å²) < 4.78 is 24.8. The Hall–Kier alpha value is -1.24. The lowest BCUT2D eigenvalue weighted by Gasteiger charge is -2.29. The summed E-state index contributed by atoms with van der Waals surface area (Å²) in [5.74, 6) is -0.144.